The summed E-state index contributed by atoms with van der Waals surface area (Å²) in [4.78, 5) is 30.0. The standard InChI is InChI=1S/C26H22ClN3O3/c27-18-6-11-23-22(14-18)17(16-29-23)12-13-28-24-15-25(31)30(26(24)32)19-7-9-21(10-8-19)33-20-4-2-1-3-5-20/h1-11,14,16,24,28-29H,12-13,15H2. The smallest absolute Gasteiger partial charge is 0.251 e. The molecule has 0 spiro atoms. The zero-order valence-corrected chi connectivity index (χ0v) is 18.5. The maximum Gasteiger partial charge on any atom is 0.251 e. The summed E-state index contributed by atoms with van der Waals surface area (Å²) < 4.78 is 5.79. The molecule has 1 saturated heterocycles. The van der Waals surface area contributed by atoms with Gasteiger partial charge in [-0.15, -0.1) is 0 Å². The van der Waals surface area contributed by atoms with Gasteiger partial charge >= 0.3 is 0 Å². The molecular weight excluding hydrogens is 438 g/mol. The third kappa shape index (κ3) is 4.49. The third-order valence-electron chi connectivity index (χ3n) is 5.73. The van der Waals surface area contributed by atoms with Gasteiger partial charge in [-0.3, -0.25) is 9.59 Å². The number of carbonyl (C=O) groups excluding carboxylic acids is 2. The van der Waals surface area contributed by atoms with E-state index in [1.54, 1.807) is 24.3 Å². The van der Waals surface area contributed by atoms with Crippen molar-refractivity contribution in [1.82, 2.24) is 10.3 Å². The highest BCUT2D eigenvalue weighted by Crippen LogP contribution is 2.28. The molecule has 0 radical (unpaired) electrons. The summed E-state index contributed by atoms with van der Waals surface area (Å²) in [5.41, 5.74) is 2.68. The van der Waals surface area contributed by atoms with Gasteiger partial charge in [0.2, 0.25) is 5.91 Å². The Balaban J connectivity index is 1.21. The first-order valence-corrected chi connectivity index (χ1v) is 11.1. The predicted octanol–water partition coefficient (Wildman–Crippen LogP) is 5.08. The molecular formula is C26H22ClN3O3. The fourth-order valence-electron chi connectivity index (χ4n) is 4.09. The van der Waals surface area contributed by atoms with Gasteiger partial charge in [-0.05, 0) is 66.6 Å². The van der Waals surface area contributed by atoms with Crippen molar-refractivity contribution in [2.24, 2.45) is 0 Å². The lowest BCUT2D eigenvalue weighted by atomic mass is 10.1. The number of ether oxygens (including phenoxy) is 1. The highest BCUT2D eigenvalue weighted by Gasteiger charge is 2.39. The number of amides is 2. The minimum absolute atomic E-state index is 0.140. The van der Waals surface area contributed by atoms with E-state index in [-0.39, 0.29) is 18.2 Å². The Hall–Kier alpha value is -3.61. The van der Waals surface area contributed by atoms with Crippen molar-refractivity contribution < 1.29 is 14.3 Å². The van der Waals surface area contributed by atoms with Gasteiger partial charge in [0.05, 0.1) is 18.2 Å². The Morgan fingerprint density at radius 2 is 1.76 bits per heavy atom. The maximum atomic E-state index is 12.9. The summed E-state index contributed by atoms with van der Waals surface area (Å²) in [6.07, 6.45) is 2.81. The van der Waals surface area contributed by atoms with Crippen LogP contribution in [0.3, 0.4) is 0 Å². The summed E-state index contributed by atoms with van der Waals surface area (Å²) >= 11 is 6.12. The first kappa shape index (κ1) is 21.2. The van der Waals surface area contributed by atoms with Crippen LogP contribution in [0.4, 0.5) is 5.69 Å². The fraction of sp³-hybridized carbons (Fsp3) is 0.154. The summed E-state index contributed by atoms with van der Waals surface area (Å²) in [6.45, 7) is 0.570. The van der Waals surface area contributed by atoms with Crippen molar-refractivity contribution in [3.05, 3.63) is 89.6 Å². The van der Waals surface area contributed by atoms with E-state index in [0.29, 0.717) is 29.4 Å². The van der Waals surface area contributed by atoms with Crippen molar-refractivity contribution in [1.29, 1.82) is 0 Å². The molecule has 0 aliphatic carbocycles. The number of aromatic amines is 1. The number of imide groups is 1. The van der Waals surface area contributed by atoms with E-state index in [1.165, 1.54) is 4.90 Å². The molecule has 7 heteroatoms. The SMILES string of the molecule is O=C1CC(NCCc2c[nH]c3ccc(Cl)cc23)C(=O)N1c1ccc(Oc2ccccc2)cc1. The Kier molecular flexibility index (Phi) is 5.86. The summed E-state index contributed by atoms with van der Waals surface area (Å²) in [6, 6.07) is 21.6. The van der Waals surface area contributed by atoms with Crippen LogP contribution in [-0.2, 0) is 16.0 Å². The van der Waals surface area contributed by atoms with E-state index in [2.05, 4.69) is 10.3 Å². The number of H-pyrrole nitrogens is 1. The van der Waals surface area contributed by atoms with Crippen LogP contribution in [0.25, 0.3) is 10.9 Å². The van der Waals surface area contributed by atoms with E-state index in [0.717, 1.165) is 22.2 Å². The normalized spacial score (nSPS) is 16.0. The summed E-state index contributed by atoms with van der Waals surface area (Å²) in [7, 11) is 0. The molecule has 1 atom stereocenters. The molecule has 1 aliphatic heterocycles. The molecule has 1 unspecified atom stereocenters. The minimum atomic E-state index is -0.536. The van der Waals surface area contributed by atoms with Gasteiger partial charge in [-0.1, -0.05) is 29.8 Å². The lowest BCUT2D eigenvalue weighted by Gasteiger charge is -2.16. The molecule has 1 aliphatic rings. The average Bonchev–Trinajstić information content (AvgIpc) is 3.35. The minimum Gasteiger partial charge on any atom is -0.457 e. The molecule has 2 N–H and O–H groups in total. The number of nitrogens with zero attached hydrogens (tertiary/aromatic N) is 1. The molecule has 6 nitrogen and oxygen atoms in total. The zero-order valence-electron chi connectivity index (χ0n) is 17.8. The van der Waals surface area contributed by atoms with Gasteiger partial charge in [0.15, 0.2) is 0 Å². The van der Waals surface area contributed by atoms with Crippen LogP contribution in [0.15, 0.2) is 79.0 Å². The first-order chi connectivity index (χ1) is 16.1. The van der Waals surface area contributed by atoms with Gasteiger partial charge in [-0.25, -0.2) is 4.90 Å². The number of nitrogens with one attached hydrogen (secondary N) is 2. The fourth-order valence-corrected chi connectivity index (χ4v) is 4.26. The second-order valence-electron chi connectivity index (χ2n) is 7.94. The van der Waals surface area contributed by atoms with Crippen molar-refractivity contribution in [3.8, 4) is 11.5 Å². The predicted molar refractivity (Wildman–Crippen MR) is 129 cm³/mol. The monoisotopic (exact) mass is 459 g/mol. The van der Waals surface area contributed by atoms with E-state index < -0.39 is 6.04 Å². The number of anilines is 1. The van der Waals surface area contributed by atoms with Crippen LogP contribution in [0.1, 0.15) is 12.0 Å². The van der Waals surface area contributed by atoms with Gasteiger partial charge in [0.25, 0.3) is 5.91 Å². The van der Waals surface area contributed by atoms with E-state index in [4.69, 9.17) is 16.3 Å². The van der Waals surface area contributed by atoms with Crippen LogP contribution < -0.4 is 15.0 Å². The Bertz CT molecular complexity index is 1300. The van der Waals surface area contributed by atoms with E-state index in [9.17, 15) is 9.59 Å². The van der Waals surface area contributed by atoms with Crippen LogP contribution in [0.2, 0.25) is 5.02 Å². The Morgan fingerprint density at radius 3 is 2.55 bits per heavy atom. The molecule has 2 heterocycles. The van der Waals surface area contributed by atoms with Crippen molar-refractivity contribution in [2.45, 2.75) is 18.9 Å². The van der Waals surface area contributed by atoms with Gasteiger partial charge < -0.3 is 15.0 Å². The van der Waals surface area contributed by atoms with Crippen LogP contribution in [0, 0.1) is 0 Å². The van der Waals surface area contributed by atoms with Crippen molar-refractivity contribution >= 4 is 40.0 Å². The number of aromatic nitrogens is 1. The molecule has 3 aromatic carbocycles. The summed E-state index contributed by atoms with van der Waals surface area (Å²) in [5.74, 6) is 0.907. The molecule has 33 heavy (non-hydrogen) atoms. The largest absolute Gasteiger partial charge is 0.457 e. The Labute approximate surface area is 196 Å². The highest BCUT2D eigenvalue weighted by atomic mass is 35.5. The van der Waals surface area contributed by atoms with E-state index >= 15 is 0 Å². The van der Waals surface area contributed by atoms with Crippen LogP contribution in [-0.4, -0.2) is 29.4 Å². The average molecular weight is 460 g/mol. The van der Waals surface area contributed by atoms with Crippen LogP contribution in [0.5, 0.6) is 11.5 Å². The number of hydrogen-bond acceptors (Lipinski definition) is 4. The lowest BCUT2D eigenvalue weighted by molar-refractivity contribution is -0.121. The van der Waals surface area contributed by atoms with Crippen molar-refractivity contribution in [3.63, 3.8) is 0 Å². The second-order valence-corrected chi connectivity index (χ2v) is 8.38. The molecule has 4 aromatic rings. The molecule has 2 amide bonds. The van der Waals surface area contributed by atoms with E-state index in [1.807, 2.05) is 54.7 Å². The number of carbonyl (C=O) groups is 2. The van der Waals surface area contributed by atoms with Crippen molar-refractivity contribution in [2.75, 3.05) is 11.4 Å². The first-order valence-electron chi connectivity index (χ1n) is 10.8. The van der Waals surface area contributed by atoms with Gasteiger partial charge in [0.1, 0.15) is 11.5 Å². The lowest BCUT2D eigenvalue weighted by Crippen LogP contribution is -2.39. The topological polar surface area (TPSA) is 74.4 Å². The number of fused-ring (bicyclic) bond motifs is 1. The third-order valence-corrected chi connectivity index (χ3v) is 5.97. The molecule has 1 fully saturated rings. The molecule has 1 aromatic heterocycles. The Morgan fingerprint density at radius 1 is 1.00 bits per heavy atom. The quantitative estimate of drug-likeness (QED) is 0.378. The number of halogens is 1. The highest BCUT2D eigenvalue weighted by molar-refractivity contribution is 6.31. The summed E-state index contributed by atoms with van der Waals surface area (Å²) in [5, 5.41) is 4.99. The number of benzene rings is 3. The maximum absolute atomic E-state index is 12.9. The molecule has 0 bridgehead atoms. The second kappa shape index (κ2) is 9.10. The van der Waals surface area contributed by atoms with Crippen LogP contribution >= 0.6 is 11.6 Å². The number of para-hydroxylation sites is 1. The number of hydrogen-bond donors (Lipinski definition) is 2. The molecule has 166 valence electrons. The van der Waals surface area contributed by atoms with Gasteiger partial charge in [0, 0.05) is 28.7 Å². The number of rotatable bonds is 7. The molecule has 0 saturated carbocycles. The zero-order chi connectivity index (χ0) is 22.8. The molecule has 5 rings (SSSR count). The van der Waals surface area contributed by atoms with Gasteiger partial charge in [-0.2, -0.15) is 0 Å².